The van der Waals surface area contributed by atoms with Crippen LogP contribution in [0.3, 0.4) is 0 Å². The molecule has 0 spiro atoms. The molecular formula is C66H105N20O25PS3. The van der Waals surface area contributed by atoms with E-state index in [4.69, 9.17) is 22.9 Å². The van der Waals surface area contributed by atoms with Crippen LogP contribution in [0, 0.1) is 5.92 Å². The van der Waals surface area contributed by atoms with Crippen LogP contribution >= 0.6 is 44.8 Å². The third kappa shape index (κ3) is 34.6. The van der Waals surface area contributed by atoms with Crippen LogP contribution in [0.5, 0.6) is 5.75 Å². The average molecular weight is 1710 g/mol. The number of likely N-dealkylation sites (tertiary alicyclic amines) is 1. The summed E-state index contributed by atoms with van der Waals surface area (Å²) < 4.78 is 16.7. The molecule has 0 radical (unpaired) electrons. The molecule has 3 fully saturated rings. The number of aliphatic hydroxyl groups is 2. The third-order valence-corrected chi connectivity index (χ3v) is 20.6. The van der Waals surface area contributed by atoms with Gasteiger partial charge in [-0.2, -0.15) is 37.0 Å². The largest absolute Gasteiger partial charge is 0.508 e. The van der Waals surface area contributed by atoms with Crippen molar-refractivity contribution in [2.24, 2.45) is 33.8 Å². The van der Waals surface area contributed by atoms with E-state index in [9.17, 15) is 116 Å². The van der Waals surface area contributed by atoms with Gasteiger partial charge in [0, 0.05) is 61.3 Å². The van der Waals surface area contributed by atoms with Crippen LogP contribution in [-0.4, -0.2) is 288 Å². The normalized spacial score (nSPS) is 18.4. The molecule has 0 unspecified atom stereocenters. The number of phosphoric ester groups is 1. The number of benzene rings is 1. The van der Waals surface area contributed by atoms with E-state index in [1.807, 2.05) is 0 Å². The number of thiol groups is 2. The number of aliphatic hydroxyl groups excluding tert-OH is 2. The number of thioether (sulfide) groups is 1. The van der Waals surface area contributed by atoms with E-state index < -0.39 is 238 Å². The van der Waals surface area contributed by atoms with Gasteiger partial charge in [0.25, 0.3) is 0 Å². The minimum Gasteiger partial charge on any atom is -0.508 e. The van der Waals surface area contributed by atoms with Crippen LogP contribution in [-0.2, 0) is 92.2 Å². The number of aromatic hydroxyl groups is 1. The molecule has 15 atom stereocenters. The molecule has 115 heavy (non-hydrogen) atoms. The number of phosphoric acid groups is 1. The molecule has 0 aromatic heterocycles. The molecule has 49 heteroatoms. The van der Waals surface area contributed by atoms with Gasteiger partial charge in [0.1, 0.15) is 72.2 Å². The lowest BCUT2D eigenvalue weighted by Crippen LogP contribution is -2.63. The predicted molar refractivity (Wildman–Crippen MR) is 414 cm³/mol. The average Bonchev–Trinajstić information content (AvgIpc) is 1.68. The summed E-state index contributed by atoms with van der Waals surface area (Å²) in [4.78, 5) is 250. The van der Waals surface area contributed by atoms with E-state index >= 15 is 0 Å². The van der Waals surface area contributed by atoms with Gasteiger partial charge in [-0.15, -0.1) is 0 Å². The van der Waals surface area contributed by atoms with Crippen molar-refractivity contribution in [3.8, 4) is 5.75 Å². The maximum absolute atomic E-state index is 14.5. The minimum absolute atomic E-state index is 0.0116. The van der Waals surface area contributed by atoms with Gasteiger partial charge in [-0.3, -0.25) is 86.2 Å². The van der Waals surface area contributed by atoms with E-state index in [0.29, 0.717) is 18.4 Å². The van der Waals surface area contributed by atoms with Gasteiger partial charge in [0.05, 0.1) is 44.5 Å². The second kappa shape index (κ2) is 48.5. The second-order valence-electron chi connectivity index (χ2n) is 27.6. The summed E-state index contributed by atoms with van der Waals surface area (Å²) in [6.45, 7) is 0.246. The van der Waals surface area contributed by atoms with Crippen LogP contribution in [0.15, 0.2) is 29.3 Å². The van der Waals surface area contributed by atoms with Crippen LogP contribution in [0.4, 0.5) is 4.79 Å². The van der Waals surface area contributed by atoms with Crippen LogP contribution in [0.2, 0.25) is 0 Å². The molecule has 1 aromatic rings. The first-order valence-electron chi connectivity index (χ1n) is 36.5. The number of primary amides is 2. The number of aliphatic carboxylic acids is 1. The van der Waals surface area contributed by atoms with Crippen molar-refractivity contribution in [2.45, 2.75) is 201 Å². The van der Waals surface area contributed by atoms with Crippen molar-refractivity contribution in [3.63, 3.8) is 0 Å². The Balaban J connectivity index is 1.42. The quantitative estimate of drug-likeness (QED) is 0.00719. The van der Waals surface area contributed by atoms with E-state index in [-0.39, 0.29) is 99.0 Å². The number of carboxylic acid groups (broad SMARTS) is 1. The Bertz CT molecular complexity index is 3700. The van der Waals surface area contributed by atoms with E-state index in [2.05, 4.69) is 109 Å². The Kier molecular flexibility index (Phi) is 41.1. The van der Waals surface area contributed by atoms with Gasteiger partial charge in [-0.05, 0) is 88.3 Å². The Morgan fingerprint density at radius 3 is 1.77 bits per heavy atom. The van der Waals surface area contributed by atoms with Crippen molar-refractivity contribution in [3.05, 3.63) is 29.8 Å². The maximum Gasteiger partial charge on any atom is 0.469 e. The summed E-state index contributed by atoms with van der Waals surface area (Å²) in [7, 11) is -5.49. The number of guanidine groups is 1. The minimum atomic E-state index is -5.49. The summed E-state index contributed by atoms with van der Waals surface area (Å²) in [6.07, 6.45) is -2.48. The lowest BCUT2D eigenvalue weighted by atomic mass is 10.0. The number of unbranched alkanes of at least 4 members (excludes halogenated alkanes) is 1. The van der Waals surface area contributed by atoms with Crippen LogP contribution in [0.1, 0.15) is 110 Å². The number of amides is 17. The van der Waals surface area contributed by atoms with Gasteiger partial charge in [-0.1, -0.05) is 32.4 Å². The number of phenolic OH excluding ortho intramolecular Hbond substituents is 1. The molecule has 4 rings (SSSR count). The number of hydrogen-bond donors (Lipinski definition) is 26. The number of hydrogen-bond acceptors (Lipinski definition) is 26. The smallest absolute Gasteiger partial charge is 0.469 e. The molecular weight excluding hydrogens is 1600 g/mol. The maximum atomic E-state index is 14.5. The van der Waals surface area contributed by atoms with Gasteiger partial charge in [-0.25, -0.2) is 9.36 Å². The summed E-state index contributed by atoms with van der Waals surface area (Å²) in [5.41, 5.74) is 22.0. The first-order chi connectivity index (χ1) is 54.1. The molecule has 3 heterocycles. The van der Waals surface area contributed by atoms with Gasteiger partial charge >= 0.3 is 19.8 Å². The molecule has 3 aliphatic heterocycles. The monoisotopic (exact) mass is 1700 g/mol. The van der Waals surface area contributed by atoms with Crippen LogP contribution in [0.25, 0.3) is 0 Å². The standard InChI is InChI=1S/C66H105N20O25PS3/c1-31(2)22-38(77-56(98)37(16-18-47(67)90)74-50(93)25-73-49(92)24-72-48(91)11-5-4-10-46-53-44(30-115-46)83-66(107)85-53)57(99)79-40(26-87)59(101)81-43(29-114)61(103)84-52(32(3)88)63(105)80-41(27-111-112(108,109)110)64(106)86-21-7-9-45(86)62(104)82-42(28-113)60(102)78-39(23-33-12-14-34(89)15-13-33)58(100)76-36(8-6-20-71-65(69)70)55(97)75-35(54(68)96)17-19-51(94)95/h12-15,31-32,35-46,52-53,87-89,113-114H,4-11,16-30H2,1-3H3,(H2,67,90)(H2,68,96)(H,72,91)(H,73,92)(H,74,93)(H,75,97)(H,76,100)(H,77,98)(H,78,102)(H,79,99)(H,80,105)(H,81,101)(H,82,104)(H,84,103)(H,94,95)(H4,69,70,71)(H2,83,85,107)(H2,108,109,110)/t32-,35+,36+,37+,38+,39+,40+,41+,42+,43+,44+,45+,46+,52+,53+/m1/s1. The van der Waals surface area contributed by atoms with E-state index in [1.54, 1.807) is 25.6 Å². The number of phenols is 1. The Morgan fingerprint density at radius 1 is 0.635 bits per heavy atom. The van der Waals surface area contributed by atoms with Crippen LogP contribution < -0.4 is 97.4 Å². The number of fused-ring (bicyclic) bond motifs is 1. The number of nitrogens with one attached hydrogen (secondary N) is 14. The zero-order valence-corrected chi connectivity index (χ0v) is 66.7. The number of carbonyl (C=O) groups excluding carboxylic acids is 16. The van der Waals surface area contributed by atoms with E-state index in [0.717, 1.165) is 24.0 Å². The highest BCUT2D eigenvalue weighted by Crippen LogP contribution is 2.36. The molecule has 45 nitrogen and oxygen atoms in total. The Hall–Kier alpha value is -9.84. The van der Waals surface area contributed by atoms with Gasteiger partial charge in [0.15, 0.2) is 5.96 Å². The van der Waals surface area contributed by atoms with E-state index in [1.165, 1.54) is 24.3 Å². The second-order valence-corrected chi connectivity index (χ2v) is 30.8. The van der Waals surface area contributed by atoms with Gasteiger partial charge < -0.3 is 132 Å². The molecule has 3 saturated heterocycles. The Morgan fingerprint density at radius 2 is 1.17 bits per heavy atom. The summed E-state index contributed by atoms with van der Waals surface area (Å²) in [5.74, 6) is -18.1. The van der Waals surface area contributed by atoms with Crippen molar-refractivity contribution < 1.29 is 121 Å². The number of carboxylic acids is 1. The summed E-state index contributed by atoms with van der Waals surface area (Å²) in [6, 6.07) is -13.7. The number of rotatable bonds is 51. The molecule has 1 aromatic carbocycles. The summed E-state index contributed by atoms with van der Waals surface area (Å²) >= 11 is 10.1. The molecule has 3 aliphatic rings. The fourth-order valence-electron chi connectivity index (χ4n) is 11.9. The fraction of sp³-hybridized carbons (Fsp3) is 0.636. The number of aliphatic imine (C=N–C) groups is 1. The van der Waals surface area contributed by atoms with Crippen molar-refractivity contribution in [1.82, 2.24) is 79.3 Å². The molecule has 28 N–H and O–H groups in total. The highest BCUT2D eigenvalue weighted by molar-refractivity contribution is 8.00. The SMILES string of the molecule is CC(C)C[C@H](NC(=O)[C@H](CCC(N)=O)NC(=O)CNC(=O)CNC(=O)CCCC[C@@H]1SC[C@@H]2NC(=O)N[C@@H]21)C(=O)N[C@@H](CO)C(=O)N[C@@H](CS)C(=O)N[C@H](C(=O)N[C@@H](COP(=O)(O)O)C(=O)N1CCC[C@H]1C(=O)N[C@@H](CS)C(=O)N[C@@H](Cc1ccc(O)cc1)C(=O)N[C@@H](CCCN=C(N)N)C(=O)N[C@@H](CCC(=O)O)C(N)=O)[C@@H](C)O. The topological polar surface area (TPSA) is 726 Å². The molecule has 17 amide bonds. The number of nitrogens with zero attached hydrogens (tertiary/aromatic N) is 2. The lowest BCUT2D eigenvalue weighted by molar-refractivity contribution is -0.143. The molecule has 642 valence electrons. The first kappa shape index (κ1) is 97.5. The van der Waals surface area contributed by atoms with Crippen molar-refractivity contribution in [1.29, 1.82) is 0 Å². The number of urea groups is 1. The van der Waals surface area contributed by atoms with Gasteiger partial charge in [0.2, 0.25) is 88.6 Å². The predicted octanol–water partition coefficient (Wildman–Crippen LogP) is -9.21. The zero-order chi connectivity index (χ0) is 86.0. The van der Waals surface area contributed by atoms with Crippen molar-refractivity contribution in [2.75, 3.05) is 56.7 Å². The number of nitrogens with two attached hydrogens (primary N) is 4. The molecule has 0 aliphatic carbocycles. The number of carbonyl (C=O) groups is 17. The fourth-order valence-corrected chi connectivity index (χ4v) is 14.3. The lowest BCUT2D eigenvalue weighted by Gasteiger charge is -2.31. The molecule has 0 saturated carbocycles. The highest BCUT2D eigenvalue weighted by Gasteiger charge is 2.45. The Labute approximate surface area is 675 Å². The summed E-state index contributed by atoms with van der Waals surface area (Å²) in [5, 5.41) is 74.5. The first-order valence-corrected chi connectivity index (χ1v) is 40.4. The third-order valence-electron chi connectivity index (χ3n) is 17.9. The molecule has 0 bridgehead atoms. The highest BCUT2D eigenvalue weighted by atomic mass is 32.2. The van der Waals surface area contributed by atoms with Crippen molar-refractivity contribution >= 4 is 151 Å². The zero-order valence-electron chi connectivity index (χ0n) is 63.2.